The number of benzene rings is 1. The number of nitrogens with zero attached hydrogens (tertiary/aromatic N) is 2. The van der Waals surface area contributed by atoms with Gasteiger partial charge in [0.05, 0.1) is 11.4 Å². The van der Waals surface area contributed by atoms with Crippen LogP contribution in [-0.4, -0.2) is 9.97 Å². The Morgan fingerprint density at radius 3 is 2.56 bits per heavy atom. The van der Waals surface area contributed by atoms with Crippen molar-refractivity contribution in [2.45, 2.75) is 6.54 Å². The molecule has 1 aromatic carbocycles. The molecule has 82 valence electrons. The van der Waals surface area contributed by atoms with E-state index in [2.05, 4.69) is 9.97 Å². The van der Waals surface area contributed by atoms with E-state index >= 15 is 0 Å². The molecule has 1 aromatic heterocycles. The number of nitrogens with two attached hydrogens (primary N) is 1. The first-order valence-corrected chi connectivity index (χ1v) is 4.67. The molecule has 3 nitrogen and oxygen atoms in total. The van der Waals surface area contributed by atoms with E-state index in [1.54, 1.807) is 0 Å². The molecule has 0 aliphatic carbocycles. The van der Waals surface area contributed by atoms with Gasteiger partial charge in [0.25, 0.3) is 0 Å². The highest BCUT2D eigenvalue weighted by molar-refractivity contribution is 5.62. The molecule has 0 radical (unpaired) electrons. The Morgan fingerprint density at radius 2 is 1.88 bits per heavy atom. The lowest BCUT2D eigenvalue weighted by Crippen LogP contribution is -2.04. The van der Waals surface area contributed by atoms with Crippen LogP contribution in [0.5, 0.6) is 0 Å². The predicted octanol–water partition coefficient (Wildman–Crippen LogP) is 1.88. The minimum absolute atomic E-state index is 0.153. The molecular formula is C11H9F2N3. The van der Waals surface area contributed by atoms with Crippen LogP contribution in [0.25, 0.3) is 11.3 Å². The first-order valence-electron chi connectivity index (χ1n) is 4.67. The average Bonchev–Trinajstić information content (AvgIpc) is 2.29. The van der Waals surface area contributed by atoms with E-state index in [1.807, 2.05) is 0 Å². The Kier molecular flexibility index (Phi) is 2.87. The van der Waals surface area contributed by atoms with Crippen LogP contribution in [0.2, 0.25) is 0 Å². The minimum atomic E-state index is -0.671. The molecule has 0 amide bonds. The van der Waals surface area contributed by atoms with Crippen molar-refractivity contribution < 1.29 is 8.78 Å². The number of rotatable bonds is 2. The van der Waals surface area contributed by atoms with Crippen LogP contribution in [0.3, 0.4) is 0 Å². The van der Waals surface area contributed by atoms with E-state index in [0.29, 0.717) is 11.4 Å². The fourth-order valence-corrected chi connectivity index (χ4v) is 1.42. The van der Waals surface area contributed by atoms with Crippen molar-refractivity contribution in [2.75, 3.05) is 0 Å². The van der Waals surface area contributed by atoms with Gasteiger partial charge in [-0.15, -0.1) is 0 Å². The van der Waals surface area contributed by atoms with Gasteiger partial charge < -0.3 is 5.73 Å². The van der Waals surface area contributed by atoms with Gasteiger partial charge >= 0.3 is 0 Å². The zero-order valence-corrected chi connectivity index (χ0v) is 8.32. The van der Waals surface area contributed by atoms with Crippen LogP contribution in [0.15, 0.2) is 30.6 Å². The molecule has 1 heterocycles. The van der Waals surface area contributed by atoms with Crippen LogP contribution in [0.4, 0.5) is 8.78 Å². The average molecular weight is 221 g/mol. The van der Waals surface area contributed by atoms with E-state index in [9.17, 15) is 8.78 Å². The smallest absolute Gasteiger partial charge is 0.135 e. The molecule has 2 N–H and O–H groups in total. The van der Waals surface area contributed by atoms with E-state index in [4.69, 9.17) is 5.73 Å². The standard InChI is InChI=1S/C11H9F2N3/c12-7-1-2-8(9(13)5-7)11-10(6-14)15-3-4-16-11/h1-5H,6,14H2. The van der Waals surface area contributed by atoms with Crippen LogP contribution < -0.4 is 5.73 Å². The summed E-state index contributed by atoms with van der Waals surface area (Å²) in [5.74, 6) is -1.30. The molecule has 0 saturated carbocycles. The summed E-state index contributed by atoms with van der Waals surface area (Å²) in [7, 11) is 0. The third-order valence-electron chi connectivity index (χ3n) is 2.15. The molecule has 0 atom stereocenters. The molecule has 0 saturated heterocycles. The third kappa shape index (κ3) is 1.90. The van der Waals surface area contributed by atoms with Gasteiger partial charge in [-0.25, -0.2) is 8.78 Å². The Morgan fingerprint density at radius 1 is 1.12 bits per heavy atom. The first kappa shape index (κ1) is 10.6. The third-order valence-corrected chi connectivity index (χ3v) is 2.15. The maximum Gasteiger partial charge on any atom is 0.135 e. The quantitative estimate of drug-likeness (QED) is 0.842. The van der Waals surface area contributed by atoms with Crippen molar-refractivity contribution in [3.05, 3.63) is 47.9 Å². The SMILES string of the molecule is NCc1nccnc1-c1ccc(F)cc1F. The Bertz CT molecular complexity index is 514. The van der Waals surface area contributed by atoms with Gasteiger partial charge in [-0.2, -0.15) is 0 Å². The summed E-state index contributed by atoms with van der Waals surface area (Å²) in [6.07, 6.45) is 2.92. The molecule has 0 fully saturated rings. The zero-order chi connectivity index (χ0) is 11.5. The summed E-state index contributed by atoms with van der Waals surface area (Å²) in [5, 5.41) is 0. The summed E-state index contributed by atoms with van der Waals surface area (Å²) >= 11 is 0. The van der Waals surface area contributed by atoms with Gasteiger partial charge in [-0.3, -0.25) is 9.97 Å². The predicted molar refractivity (Wildman–Crippen MR) is 55.3 cm³/mol. The molecule has 0 spiro atoms. The van der Waals surface area contributed by atoms with Gasteiger partial charge in [0, 0.05) is 30.6 Å². The molecule has 0 aliphatic rings. The maximum absolute atomic E-state index is 13.5. The lowest BCUT2D eigenvalue weighted by atomic mass is 10.1. The molecule has 5 heteroatoms. The highest BCUT2D eigenvalue weighted by Crippen LogP contribution is 2.23. The zero-order valence-electron chi connectivity index (χ0n) is 8.32. The van der Waals surface area contributed by atoms with Crippen LogP contribution >= 0.6 is 0 Å². The largest absolute Gasteiger partial charge is 0.325 e. The van der Waals surface area contributed by atoms with Crippen molar-refractivity contribution in [2.24, 2.45) is 5.73 Å². The van der Waals surface area contributed by atoms with Crippen molar-refractivity contribution in [3.8, 4) is 11.3 Å². The van der Waals surface area contributed by atoms with Crippen molar-refractivity contribution in [3.63, 3.8) is 0 Å². The maximum atomic E-state index is 13.5. The fraction of sp³-hybridized carbons (Fsp3) is 0.0909. The Balaban J connectivity index is 2.58. The second-order valence-electron chi connectivity index (χ2n) is 3.18. The molecule has 2 aromatic rings. The van der Waals surface area contributed by atoms with Crippen molar-refractivity contribution in [1.29, 1.82) is 0 Å². The highest BCUT2D eigenvalue weighted by Gasteiger charge is 2.11. The number of hydrogen-bond acceptors (Lipinski definition) is 3. The second-order valence-corrected chi connectivity index (χ2v) is 3.18. The first-order chi connectivity index (χ1) is 7.72. The normalized spacial score (nSPS) is 10.4. The monoisotopic (exact) mass is 221 g/mol. The molecule has 0 aliphatic heterocycles. The summed E-state index contributed by atoms with van der Waals surface area (Å²) in [5.41, 5.74) is 6.50. The minimum Gasteiger partial charge on any atom is -0.325 e. The summed E-state index contributed by atoms with van der Waals surface area (Å²) in [6, 6.07) is 3.31. The van der Waals surface area contributed by atoms with Gasteiger partial charge in [0.15, 0.2) is 0 Å². The van der Waals surface area contributed by atoms with E-state index in [1.165, 1.54) is 24.5 Å². The van der Waals surface area contributed by atoms with Crippen molar-refractivity contribution >= 4 is 0 Å². The van der Waals surface area contributed by atoms with Crippen LogP contribution in [-0.2, 0) is 6.54 Å². The highest BCUT2D eigenvalue weighted by atomic mass is 19.1. The topological polar surface area (TPSA) is 51.8 Å². The van der Waals surface area contributed by atoms with Gasteiger partial charge in [0.2, 0.25) is 0 Å². The lowest BCUT2D eigenvalue weighted by molar-refractivity contribution is 0.585. The Labute approximate surface area is 91.0 Å². The fourth-order valence-electron chi connectivity index (χ4n) is 1.42. The van der Waals surface area contributed by atoms with E-state index < -0.39 is 11.6 Å². The summed E-state index contributed by atoms with van der Waals surface area (Å²) in [6.45, 7) is 0.153. The summed E-state index contributed by atoms with van der Waals surface area (Å²) < 4.78 is 26.2. The van der Waals surface area contributed by atoms with E-state index in [0.717, 1.165) is 6.07 Å². The second kappa shape index (κ2) is 4.32. The molecule has 2 rings (SSSR count). The van der Waals surface area contributed by atoms with Gasteiger partial charge in [-0.1, -0.05) is 0 Å². The molecule has 0 bridgehead atoms. The van der Waals surface area contributed by atoms with Crippen molar-refractivity contribution in [1.82, 2.24) is 9.97 Å². The van der Waals surface area contributed by atoms with Crippen LogP contribution in [0.1, 0.15) is 5.69 Å². The molecular weight excluding hydrogens is 212 g/mol. The molecule has 0 unspecified atom stereocenters. The van der Waals surface area contributed by atoms with E-state index in [-0.39, 0.29) is 12.1 Å². The number of aromatic nitrogens is 2. The Hall–Kier alpha value is -1.88. The summed E-state index contributed by atoms with van der Waals surface area (Å²) in [4.78, 5) is 7.99. The molecule has 16 heavy (non-hydrogen) atoms. The lowest BCUT2D eigenvalue weighted by Gasteiger charge is -2.06. The number of halogens is 2. The van der Waals surface area contributed by atoms with Gasteiger partial charge in [0.1, 0.15) is 11.6 Å². The van der Waals surface area contributed by atoms with Crippen LogP contribution in [0, 0.1) is 11.6 Å². The van der Waals surface area contributed by atoms with Gasteiger partial charge in [-0.05, 0) is 12.1 Å². The number of hydrogen-bond donors (Lipinski definition) is 1.